The molecule has 24 heavy (non-hydrogen) atoms. The summed E-state index contributed by atoms with van der Waals surface area (Å²) in [4.78, 5) is 10.9. The van der Waals surface area contributed by atoms with Crippen molar-refractivity contribution in [1.82, 2.24) is 9.97 Å². The van der Waals surface area contributed by atoms with Gasteiger partial charge in [-0.1, -0.05) is 19.8 Å². The lowest BCUT2D eigenvalue weighted by Crippen LogP contribution is -2.21. The predicted octanol–water partition coefficient (Wildman–Crippen LogP) is 4.67. The van der Waals surface area contributed by atoms with Crippen molar-refractivity contribution >= 4 is 23.0 Å². The topological polar surface area (TPSA) is 53.1 Å². The van der Waals surface area contributed by atoms with Gasteiger partial charge in [0.05, 0.1) is 0 Å². The van der Waals surface area contributed by atoms with Gasteiger partial charge in [-0.05, 0) is 44.5 Å². The lowest BCUT2D eigenvalue weighted by Gasteiger charge is -2.21. The lowest BCUT2D eigenvalue weighted by molar-refractivity contribution is 0.742. The first-order valence-corrected chi connectivity index (χ1v) is 8.94. The summed E-state index contributed by atoms with van der Waals surface area (Å²) in [7, 11) is 0. The van der Waals surface area contributed by atoms with Crippen LogP contribution in [0.15, 0.2) is 36.7 Å². The Morgan fingerprint density at radius 2 is 1.62 bits per heavy atom. The molecule has 2 aromatic rings. The van der Waals surface area contributed by atoms with E-state index in [0.717, 1.165) is 43.4 Å². The van der Waals surface area contributed by atoms with E-state index < -0.39 is 0 Å². The predicted molar refractivity (Wildman–Crippen MR) is 103 cm³/mol. The molecule has 0 atom stereocenters. The molecule has 130 valence electrons. The summed E-state index contributed by atoms with van der Waals surface area (Å²) in [5.74, 6) is 1.67. The quantitative estimate of drug-likeness (QED) is 0.621. The molecule has 0 aliphatic carbocycles. The zero-order valence-electron chi connectivity index (χ0n) is 15.0. The monoisotopic (exact) mass is 327 g/mol. The maximum absolute atomic E-state index is 4.30. The Hall–Kier alpha value is -2.30. The van der Waals surface area contributed by atoms with E-state index in [1.807, 2.05) is 6.07 Å². The second-order valence-corrected chi connectivity index (χ2v) is 5.77. The molecule has 5 nitrogen and oxygen atoms in total. The molecular weight excluding hydrogens is 298 g/mol. The minimum absolute atomic E-state index is 0.804. The molecule has 0 saturated heterocycles. The number of aromatic nitrogens is 2. The summed E-state index contributed by atoms with van der Waals surface area (Å²) in [6, 6.07) is 10.4. The van der Waals surface area contributed by atoms with E-state index in [0.29, 0.717) is 0 Å². The fourth-order valence-electron chi connectivity index (χ4n) is 2.61. The van der Waals surface area contributed by atoms with E-state index in [-0.39, 0.29) is 0 Å². The van der Waals surface area contributed by atoms with E-state index in [9.17, 15) is 0 Å². The maximum Gasteiger partial charge on any atom is 0.135 e. The van der Waals surface area contributed by atoms with Gasteiger partial charge >= 0.3 is 0 Å². The fraction of sp³-hybridized carbons (Fsp3) is 0.474. The first-order valence-electron chi connectivity index (χ1n) is 8.94. The molecule has 1 heterocycles. The standard InChI is InChI=1S/C19H29N5/c1-4-7-8-13-20-18-14-19(22-15-21-18)23-16-9-11-17(12-10-16)24(5-2)6-3/h9-12,14-15H,4-8,13H2,1-3H3,(H2,20,21,22,23). The normalized spacial score (nSPS) is 10.5. The molecule has 0 fully saturated rings. The molecule has 2 rings (SSSR count). The molecule has 0 radical (unpaired) electrons. The van der Waals surface area contributed by atoms with Crippen LogP contribution in [-0.4, -0.2) is 29.6 Å². The molecule has 0 saturated carbocycles. The largest absolute Gasteiger partial charge is 0.372 e. The van der Waals surface area contributed by atoms with Gasteiger partial charge in [0.15, 0.2) is 0 Å². The van der Waals surface area contributed by atoms with Crippen LogP contribution in [-0.2, 0) is 0 Å². The summed E-state index contributed by atoms with van der Waals surface area (Å²) in [6.07, 6.45) is 5.22. The van der Waals surface area contributed by atoms with Crippen molar-refractivity contribution in [2.75, 3.05) is 35.2 Å². The highest BCUT2D eigenvalue weighted by molar-refractivity contribution is 5.62. The van der Waals surface area contributed by atoms with Gasteiger partial charge in [-0.2, -0.15) is 0 Å². The Bertz CT molecular complexity index is 593. The summed E-state index contributed by atoms with van der Waals surface area (Å²) in [6.45, 7) is 9.53. The van der Waals surface area contributed by atoms with Crippen molar-refractivity contribution in [1.29, 1.82) is 0 Å². The van der Waals surface area contributed by atoms with Gasteiger partial charge < -0.3 is 15.5 Å². The lowest BCUT2D eigenvalue weighted by atomic mass is 10.2. The minimum atomic E-state index is 0.804. The number of unbranched alkanes of at least 4 members (excludes halogenated alkanes) is 2. The highest BCUT2D eigenvalue weighted by Crippen LogP contribution is 2.21. The van der Waals surface area contributed by atoms with E-state index >= 15 is 0 Å². The molecule has 0 aliphatic heterocycles. The Labute approximate surface area is 145 Å². The van der Waals surface area contributed by atoms with Gasteiger partial charge in [0.25, 0.3) is 0 Å². The third kappa shape index (κ3) is 5.41. The summed E-state index contributed by atoms with van der Waals surface area (Å²) in [5, 5.41) is 6.69. The van der Waals surface area contributed by atoms with Crippen LogP contribution in [0.4, 0.5) is 23.0 Å². The first-order chi connectivity index (χ1) is 11.8. The van der Waals surface area contributed by atoms with Crippen molar-refractivity contribution < 1.29 is 0 Å². The average Bonchev–Trinajstić information content (AvgIpc) is 2.62. The van der Waals surface area contributed by atoms with Crippen LogP contribution in [0.25, 0.3) is 0 Å². The number of hydrogen-bond acceptors (Lipinski definition) is 5. The summed E-state index contributed by atoms with van der Waals surface area (Å²) >= 11 is 0. The third-order valence-electron chi connectivity index (χ3n) is 4.02. The van der Waals surface area contributed by atoms with Crippen LogP contribution in [0, 0.1) is 0 Å². The summed E-state index contributed by atoms with van der Waals surface area (Å²) < 4.78 is 0. The van der Waals surface area contributed by atoms with Crippen LogP contribution in [0.5, 0.6) is 0 Å². The molecular formula is C19H29N5. The average molecular weight is 327 g/mol. The Morgan fingerprint density at radius 3 is 2.29 bits per heavy atom. The van der Waals surface area contributed by atoms with Crippen molar-refractivity contribution in [2.45, 2.75) is 40.0 Å². The maximum atomic E-state index is 4.30. The minimum Gasteiger partial charge on any atom is -0.372 e. The van der Waals surface area contributed by atoms with Gasteiger partial charge in [0.2, 0.25) is 0 Å². The fourth-order valence-corrected chi connectivity index (χ4v) is 2.61. The Balaban J connectivity index is 1.95. The van der Waals surface area contributed by atoms with Gasteiger partial charge in [-0.3, -0.25) is 0 Å². The second-order valence-electron chi connectivity index (χ2n) is 5.77. The molecule has 0 amide bonds. The highest BCUT2D eigenvalue weighted by Gasteiger charge is 2.03. The number of anilines is 4. The summed E-state index contributed by atoms with van der Waals surface area (Å²) in [5.41, 5.74) is 2.27. The van der Waals surface area contributed by atoms with Gasteiger partial charge in [0.1, 0.15) is 18.0 Å². The zero-order valence-corrected chi connectivity index (χ0v) is 15.0. The second kappa shape index (κ2) is 9.75. The van der Waals surface area contributed by atoms with Crippen LogP contribution in [0.3, 0.4) is 0 Å². The third-order valence-corrected chi connectivity index (χ3v) is 4.02. The number of benzene rings is 1. The van der Waals surface area contributed by atoms with E-state index in [1.54, 1.807) is 6.33 Å². The highest BCUT2D eigenvalue weighted by atomic mass is 15.1. The molecule has 2 N–H and O–H groups in total. The molecule has 0 bridgehead atoms. The van der Waals surface area contributed by atoms with Gasteiger partial charge in [0, 0.05) is 37.1 Å². The van der Waals surface area contributed by atoms with E-state index in [2.05, 4.69) is 70.5 Å². The SMILES string of the molecule is CCCCCNc1cc(Nc2ccc(N(CC)CC)cc2)ncn1. The number of rotatable bonds is 10. The number of nitrogens with zero attached hydrogens (tertiary/aromatic N) is 3. The zero-order chi connectivity index (χ0) is 17.2. The Kier molecular flexibility index (Phi) is 7.33. The van der Waals surface area contributed by atoms with Crippen LogP contribution >= 0.6 is 0 Å². The first kappa shape index (κ1) is 18.0. The van der Waals surface area contributed by atoms with Crippen molar-refractivity contribution in [3.63, 3.8) is 0 Å². The smallest absolute Gasteiger partial charge is 0.135 e. The van der Waals surface area contributed by atoms with Crippen LogP contribution in [0.2, 0.25) is 0 Å². The van der Waals surface area contributed by atoms with Gasteiger partial charge in [-0.15, -0.1) is 0 Å². The molecule has 0 aliphatic rings. The molecule has 1 aromatic heterocycles. The van der Waals surface area contributed by atoms with Crippen molar-refractivity contribution in [3.8, 4) is 0 Å². The number of hydrogen-bond donors (Lipinski definition) is 2. The molecule has 0 spiro atoms. The molecule has 1 aromatic carbocycles. The molecule has 0 unspecified atom stereocenters. The molecule has 5 heteroatoms. The van der Waals surface area contributed by atoms with E-state index in [1.165, 1.54) is 18.5 Å². The van der Waals surface area contributed by atoms with Crippen molar-refractivity contribution in [3.05, 3.63) is 36.7 Å². The van der Waals surface area contributed by atoms with Gasteiger partial charge in [-0.25, -0.2) is 9.97 Å². The van der Waals surface area contributed by atoms with E-state index in [4.69, 9.17) is 0 Å². The Morgan fingerprint density at radius 1 is 0.917 bits per heavy atom. The van der Waals surface area contributed by atoms with Crippen LogP contribution < -0.4 is 15.5 Å². The van der Waals surface area contributed by atoms with Crippen molar-refractivity contribution in [2.24, 2.45) is 0 Å². The number of nitrogens with one attached hydrogen (secondary N) is 2. The van der Waals surface area contributed by atoms with Crippen LogP contribution in [0.1, 0.15) is 40.0 Å².